The second-order valence-electron chi connectivity index (χ2n) is 4.71. The van der Waals surface area contributed by atoms with Crippen LogP contribution in [0.3, 0.4) is 0 Å². The van der Waals surface area contributed by atoms with Gasteiger partial charge in [-0.2, -0.15) is 0 Å². The van der Waals surface area contributed by atoms with Crippen LogP contribution in [0.25, 0.3) is 0 Å². The molecule has 0 aliphatic carbocycles. The standard InChI is InChI=1S/C14H16O6/c1-2-8-6-20-12(8)7-19-11-4-9(13(15)16)3-10(5-11)14(17)18/h3-5,8,12H,2,6-7H2,1H3,(H,15,16)(H,17,18). The molecule has 20 heavy (non-hydrogen) atoms. The fourth-order valence-electron chi connectivity index (χ4n) is 2.04. The molecule has 0 amide bonds. The zero-order valence-electron chi connectivity index (χ0n) is 11.0. The van der Waals surface area contributed by atoms with Crippen LogP contribution in [0.5, 0.6) is 5.75 Å². The summed E-state index contributed by atoms with van der Waals surface area (Å²) in [6.07, 6.45) is 0.977. The topological polar surface area (TPSA) is 93.1 Å². The van der Waals surface area contributed by atoms with E-state index in [-0.39, 0.29) is 23.0 Å². The highest BCUT2D eigenvalue weighted by molar-refractivity contribution is 5.94. The predicted molar refractivity (Wildman–Crippen MR) is 69.4 cm³/mol. The van der Waals surface area contributed by atoms with E-state index in [0.29, 0.717) is 19.1 Å². The van der Waals surface area contributed by atoms with Crippen molar-refractivity contribution in [1.82, 2.24) is 0 Å². The molecule has 2 unspecified atom stereocenters. The van der Waals surface area contributed by atoms with E-state index < -0.39 is 11.9 Å². The maximum atomic E-state index is 11.0. The van der Waals surface area contributed by atoms with Gasteiger partial charge in [-0.15, -0.1) is 0 Å². The largest absolute Gasteiger partial charge is 0.491 e. The van der Waals surface area contributed by atoms with Crippen LogP contribution in [-0.2, 0) is 4.74 Å². The van der Waals surface area contributed by atoms with E-state index in [2.05, 4.69) is 6.92 Å². The second kappa shape index (κ2) is 5.92. The van der Waals surface area contributed by atoms with E-state index in [1.165, 1.54) is 12.1 Å². The molecule has 0 aromatic heterocycles. The van der Waals surface area contributed by atoms with Crippen molar-refractivity contribution in [3.63, 3.8) is 0 Å². The lowest BCUT2D eigenvalue weighted by Crippen LogP contribution is -2.43. The number of carboxylic acid groups (broad SMARTS) is 2. The van der Waals surface area contributed by atoms with Crippen LogP contribution in [0.15, 0.2) is 18.2 Å². The second-order valence-corrected chi connectivity index (χ2v) is 4.71. The molecule has 1 aromatic rings. The fourth-order valence-corrected chi connectivity index (χ4v) is 2.04. The molecule has 2 N–H and O–H groups in total. The Morgan fingerprint density at radius 2 is 1.85 bits per heavy atom. The van der Waals surface area contributed by atoms with Gasteiger partial charge in [-0.25, -0.2) is 9.59 Å². The third-order valence-electron chi connectivity index (χ3n) is 3.39. The first-order chi connectivity index (χ1) is 9.51. The van der Waals surface area contributed by atoms with Crippen molar-refractivity contribution in [3.05, 3.63) is 29.3 Å². The summed E-state index contributed by atoms with van der Waals surface area (Å²) >= 11 is 0. The average Bonchev–Trinajstić information content (AvgIpc) is 2.37. The summed E-state index contributed by atoms with van der Waals surface area (Å²) in [5, 5.41) is 17.9. The Hall–Kier alpha value is -2.08. The third kappa shape index (κ3) is 3.08. The van der Waals surface area contributed by atoms with Crippen molar-refractivity contribution in [3.8, 4) is 5.75 Å². The molecule has 0 bridgehead atoms. The Morgan fingerprint density at radius 3 is 2.25 bits per heavy atom. The molecule has 0 radical (unpaired) electrons. The molecule has 6 nitrogen and oxygen atoms in total. The highest BCUT2D eigenvalue weighted by Crippen LogP contribution is 2.25. The SMILES string of the molecule is CCC1COC1COc1cc(C(=O)O)cc(C(=O)O)c1. The van der Waals surface area contributed by atoms with E-state index in [1.54, 1.807) is 0 Å². The minimum absolute atomic E-state index is 0.0123. The van der Waals surface area contributed by atoms with Gasteiger partial charge in [0, 0.05) is 5.92 Å². The Labute approximate surface area is 115 Å². The Bertz CT molecular complexity index is 490. The zero-order chi connectivity index (χ0) is 14.7. The van der Waals surface area contributed by atoms with E-state index in [0.717, 1.165) is 12.5 Å². The molecular formula is C14H16O6. The first kappa shape index (κ1) is 14.3. The molecule has 1 heterocycles. The molecule has 1 aliphatic rings. The van der Waals surface area contributed by atoms with Crippen LogP contribution in [-0.4, -0.2) is 41.5 Å². The number of carbonyl (C=O) groups is 2. The number of ether oxygens (including phenoxy) is 2. The minimum atomic E-state index is -1.19. The molecule has 2 rings (SSSR count). The Kier molecular flexibility index (Phi) is 4.24. The fraction of sp³-hybridized carbons (Fsp3) is 0.429. The van der Waals surface area contributed by atoms with Crippen molar-refractivity contribution in [2.24, 2.45) is 5.92 Å². The number of hydrogen-bond donors (Lipinski definition) is 2. The van der Waals surface area contributed by atoms with Crippen molar-refractivity contribution >= 4 is 11.9 Å². The van der Waals surface area contributed by atoms with Crippen LogP contribution in [0, 0.1) is 5.92 Å². The molecular weight excluding hydrogens is 264 g/mol. The van der Waals surface area contributed by atoms with Crippen LogP contribution in [0.1, 0.15) is 34.1 Å². The molecule has 0 spiro atoms. The van der Waals surface area contributed by atoms with Gasteiger partial charge < -0.3 is 19.7 Å². The molecule has 2 atom stereocenters. The number of benzene rings is 1. The monoisotopic (exact) mass is 280 g/mol. The number of hydrogen-bond acceptors (Lipinski definition) is 4. The van der Waals surface area contributed by atoms with Gasteiger partial charge in [0.1, 0.15) is 12.4 Å². The van der Waals surface area contributed by atoms with Crippen molar-refractivity contribution < 1.29 is 29.3 Å². The number of carboxylic acids is 2. The summed E-state index contributed by atoms with van der Waals surface area (Å²) in [4.78, 5) is 21.9. The van der Waals surface area contributed by atoms with Crippen LogP contribution >= 0.6 is 0 Å². The van der Waals surface area contributed by atoms with Crippen LogP contribution < -0.4 is 4.74 Å². The quantitative estimate of drug-likeness (QED) is 0.826. The van der Waals surface area contributed by atoms with Gasteiger partial charge in [-0.3, -0.25) is 0 Å². The van der Waals surface area contributed by atoms with E-state index in [1.807, 2.05) is 0 Å². The van der Waals surface area contributed by atoms with Gasteiger partial charge >= 0.3 is 11.9 Å². The van der Waals surface area contributed by atoms with E-state index in [9.17, 15) is 9.59 Å². The Morgan fingerprint density at radius 1 is 1.25 bits per heavy atom. The summed E-state index contributed by atoms with van der Waals surface area (Å²) in [6.45, 7) is 3.06. The first-order valence-electron chi connectivity index (χ1n) is 6.37. The minimum Gasteiger partial charge on any atom is -0.491 e. The van der Waals surface area contributed by atoms with Gasteiger partial charge in [-0.1, -0.05) is 6.92 Å². The average molecular weight is 280 g/mol. The summed E-state index contributed by atoms with van der Waals surface area (Å²) < 4.78 is 10.8. The molecule has 1 aromatic carbocycles. The lowest BCUT2D eigenvalue weighted by Gasteiger charge is -2.35. The zero-order valence-corrected chi connectivity index (χ0v) is 11.0. The Balaban J connectivity index is 2.10. The normalized spacial score (nSPS) is 21.1. The van der Waals surface area contributed by atoms with Crippen LogP contribution in [0.2, 0.25) is 0 Å². The predicted octanol–water partition coefficient (Wildman–Crippen LogP) is 1.89. The number of rotatable bonds is 6. The maximum absolute atomic E-state index is 11.0. The molecule has 6 heteroatoms. The molecule has 108 valence electrons. The maximum Gasteiger partial charge on any atom is 0.335 e. The summed E-state index contributed by atoms with van der Waals surface area (Å²) in [5.41, 5.74) is -0.220. The van der Waals surface area contributed by atoms with Gasteiger partial charge in [-0.05, 0) is 24.6 Å². The molecule has 0 saturated carbocycles. The van der Waals surface area contributed by atoms with Crippen molar-refractivity contribution in [2.45, 2.75) is 19.4 Å². The first-order valence-corrected chi connectivity index (χ1v) is 6.37. The van der Waals surface area contributed by atoms with E-state index in [4.69, 9.17) is 19.7 Å². The number of aromatic carboxylic acids is 2. The third-order valence-corrected chi connectivity index (χ3v) is 3.39. The van der Waals surface area contributed by atoms with E-state index >= 15 is 0 Å². The highest BCUT2D eigenvalue weighted by Gasteiger charge is 2.31. The summed E-state index contributed by atoms with van der Waals surface area (Å²) in [6, 6.07) is 3.73. The summed E-state index contributed by atoms with van der Waals surface area (Å²) in [7, 11) is 0. The molecule has 1 fully saturated rings. The van der Waals surface area contributed by atoms with Crippen molar-refractivity contribution in [2.75, 3.05) is 13.2 Å². The van der Waals surface area contributed by atoms with Gasteiger partial charge in [0.15, 0.2) is 0 Å². The van der Waals surface area contributed by atoms with Crippen LogP contribution in [0.4, 0.5) is 0 Å². The smallest absolute Gasteiger partial charge is 0.335 e. The van der Waals surface area contributed by atoms with Gasteiger partial charge in [0.25, 0.3) is 0 Å². The lowest BCUT2D eigenvalue weighted by atomic mass is 9.96. The van der Waals surface area contributed by atoms with Gasteiger partial charge in [0.05, 0.1) is 23.8 Å². The molecule has 1 aliphatic heterocycles. The summed E-state index contributed by atoms with van der Waals surface area (Å²) in [5.74, 6) is -1.71. The van der Waals surface area contributed by atoms with Crippen molar-refractivity contribution in [1.29, 1.82) is 0 Å². The van der Waals surface area contributed by atoms with Gasteiger partial charge in [0.2, 0.25) is 0 Å². The lowest BCUT2D eigenvalue weighted by molar-refractivity contribution is -0.131. The highest BCUT2D eigenvalue weighted by atomic mass is 16.5. The molecule has 1 saturated heterocycles.